The van der Waals surface area contributed by atoms with Gasteiger partial charge in [-0.05, 0) is 30.7 Å². The van der Waals surface area contributed by atoms with Crippen LogP contribution < -0.4 is 4.90 Å². The van der Waals surface area contributed by atoms with Crippen LogP contribution in [0.5, 0.6) is 0 Å². The topological polar surface area (TPSA) is 40.6 Å². The molecule has 0 spiro atoms. The van der Waals surface area contributed by atoms with Crippen LogP contribution in [0.1, 0.15) is 19.8 Å². The summed E-state index contributed by atoms with van der Waals surface area (Å²) < 4.78 is 25.3. The standard InChI is InChI=1S/C14H23BrN2O2S/c1-4-5-11-17(12-10-15)13-6-8-14(9-7-13)20(18,19)16(2)3/h6-9H,4-5,10-12H2,1-3H3. The summed E-state index contributed by atoms with van der Waals surface area (Å²) >= 11 is 3.46. The average Bonchev–Trinajstić information content (AvgIpc) is 2.43. The molecule has 0 fully saturated rings. The van der Waals surface area contributed by atoms with Crippen LogP contribution >= 0.6 is 15.9 Å². The van der Waals surface area contributed by atoms with Gasteiger partial charge in [-0.1, -0.05) is 29.3 Å². The highest BCUT2D eigenvalue weighted by Gasteiger charge is 2.17. The Balaban J connectivity index is 2.93. The first-order chi connectivity index (χ1) is 9.43. The molecule has 0 atom stereocenters. The molecule has 114 valence electrons. The van der Waals surface area contributed by atoms with Crippen LogP contribution in [0, 0.1) is 0 Å². The third kappa shape index (κ3) is 4.46. The highest BCUT2D eigenvalue weighted by atomic mass is 79.9. The Morgan fingerprint density at radius 1 is 1.10 bits per heavy atom. The fourth-order valence-electron chi connectivity index (χ4n) is 1.86. The molecule has 0 aromatic heterocycles. The maximum Gasteiger partial charge on any atom is 0.242 e. The van der Waals surface area contributed by atoms with Gasteiger partial charge < -0.3 is 4.90 Å². The quantitative estimate of drug-likeness (QED) is 0.667. The Labute approximate surface area is 130 Å². The van der Waals surface area contributed by atoms with Crippen LogP contribution in [-0.2, 0) is 10.0 Å². The molecule has 0 bridgehead atoms. The minimum atomic E-state index is -3.34. The minimum absolute atomic E-state index is 0.334. The fraction of sp³-hybridized carbons (Fsp3) is 0.571. The van der Waals surface area contributed by atoms with Crippen molar-refractivity contribution < 1.29 is 8.42 Å². The van der Waals surface area contributed by atoms with Gasteiger partial charge in [0.1, 0.15) is 0 Å². The van der Waals surface area contributed by atoms with Gasteiger partial charge in [0.15, 0.2) is 0 Å². The highest BCUT2D eigenvalue weighted by molar-refractivity contribution is 9.09. The molecule has 0 amide bonds. The SMILES string of the molecule is CCCCN(CCBr)c1ccc(S(=O)(=O)N(C)C)cc1. The average molecular weight is 363 g/mol. The van der Waals surface area contributed by atoms with E-state index >= 15 is 0 Å². The summed E-state index contributed by atoms with van der Waals surface area (Å²) in [6, 6.07) is 7.12. The van der Waals surface area contributed by atoms with E-state index in [0.717, 1.165) is 36.9 Å². The van der Waals surface area contributed by atoms with Crippen molar-refractivity contribution in [2.24, 2.45) is 0 Å². The molecule has 1 rings (SSSR count). The number of benzene rings is 1. The summed E-state index contributed by atoms with van der Waals surface area (Å²) in [7, 11) is -0.256. The predicted octanol–water partition coefficient (Wildman–Crippen LogP) is 2.94. The van der Waals surface area contributed by atoms with Crippen LogP contribution in [0.4, 0.5) is 5.69 Å². The number of hydrogen-bond acceptors (Lipinski definition) is 3. The lowest BCUT2D eigenvalue weighted by molar-refractivity contribution is 0.521. The minimum Gasteiger partial charge on any atom is -0.371 e. The van der Waals surface area contributed by atoms with Gasteiger partial charge in [-0.2, -0.15) is 0 Å². The number of sulfonamides is 1. The second-order valence-corrected chi connectivity index (χ2v) is 7.76. The van der Waals surface area contributed by atoms with Crippen LogP contribution in [0.3, 0.4) is 0 Å². The third-order valence-electron chi connectivity index (χ3n) is 3.12. The molecule has 1 aromatic carbocycles. The lowest BCUT2D eigenvalue weighted by atomic mass is 10.2. The Morgan fingerprint density at radius 2 is 1.70 bits per heavy atom. The number of unbranched alkanes of at least 4 members (excludes halogenated alkanes) is 1. The van der Waals surface area contributed by atoms with Crippen molar-refractivity contribution in [2.75, 3.05) is 37.4 Å². The Bertz CT molecular complexity index is 500. The molecule has 0 saturated carbocycles. The monoisotopic (exact) mass is 362 g/mol. The number of rotatable bonds is 8. The fourth-order valence-corrected chi connectivity index (χ4v) is 3.19. The Hall–Kier alpha value is -0.590. The van der Waals surface area contributed by atoms with Gasteiger partial charge in [-0.25, -0.2) is 12.7 Å². The molecule has 0 saturated heterocycles. The molecule has 20 heavy (non-hydrogen) atoms. The summed E-state index contributed by atoms with van der Waals surface area (Å²) in [6.07, 6.45) is 2.27. The van der Waals surface area contributed by atoms with Gasteiger partial charge in [-0.3, -0.25) is 0 Å². The summed E-state index contributed by atoms with van der Waals surface area (Å²) in [4.78, 5) is 2.60. The van der Waals surface area contributed by atoms with Gasteiger partial charge in [0.25, 0.3) is 0 Å². The van der Waals surface area contributed by atoms with Crippen molar-refractivity contribution in [2.45, 2.75) is 24.7 Å². The van der Waals surface area contributed by atoms with Gasteiger partial charge in [0, 0.05) is 38.2 Å². The van der Waals surface area contributed by atoms with Crippen molar-refractivity contribution in [1.29, 1.82) is 0 Å². The highest BCUT2D eigenvalue weighted by Crippen LogP contribution is 2.20. The first kappa shape index (κ1) is 17.5. The molecule has 0 aliphatic heterocycles. The molecule has 0 N–H and O–H groups in total. The molecule has 0 unspecified atom stereocenters. The van der Waals surface area contributed by atoms with Gasteiger partial charge in [0.05, 0.1) is 4.90 Å². The number of halogens is 1. The van der Waals surface area contributed by atoms with E-state index < -0.39 is 10.0 Å². The van der Waals surface area contributed by atoms with Crippen molar-refractivity contribution in [3.05, 3.63) is 24.3 Å². The van der Waals surface area contributed by atoms with E-state index in [1.165, 1.54) is 4.31 Å². The maximum atomic E-state index is 12.0. The zero-order valence-corrected chi connectivity index (χ0v) is 14.7. The van der Waals surface area contributed by atoms with Crippen LogP contribution in [0.15, 0.2) is 29.2 Å². The molecule has 0 aliphatic rings. The molecular weight excluding hydrogens is 340 g/mol. The van der Waals surface area contributed by atoms with Crippen molar-refractivity contribution in [3.63, 3.8) is 0 Å². The predicted molar refractivity (Wildman–Crippen MR) is 88.2 cm³/mol. The number of nitrogens with zero attached hydrogens (tertiary/aromatic N) is 2. The van der Waals surface area contributed by atoms with Gasteiger partial charge in [-0.15, -0.1) is 0 Å². The summed E-state index contributed by atoms with van der Waals surface area (Å²) in [5, 5.41) is 0.897. The summed E-state index contributed by atoms with van der Waals surface area (Å²) in [5.41, 5.74) is 1.07. The second-order valence-electron chi connectivity index (χ2n) is 4.81. The molecular formula is C14H23BrN2O2S. The van der Waals surface area contributed by atoms with E-state index in [-0.39, 0.29) is 0 Å². The normalized spacial score (nSPS) is 11.8. The summed E-state index contributed by atoms with van der Waals surface area (Å²) in [5.74, 6) is 0. The smallest absolute Gasteiger partial charge is 0.242 e. The van der Waals surface area contributed by atoms with E-state index in [9.17, 15) is 8.42 Å². The van der Waals surface area contributed by atoms with E-state index in [1.54, 1.807) is 26.2 Å². The van der Waals surface area contributed by atoms with E-state index in [2.05, 4.69) is 27.8 Å². The maximum absolute atomic E-state index is 12.0. The molecule has 4 nitrogen and oxygen atoms in total. The molecule has 0 radical (unpaired) electrons. The van der Waals surface area contributed by atoms with E-state index in [1.807, 2.05) is 12.1 Å². The van der Waals surface area contributed by atoms with E-state index in [0.29, 0.717) is 4.90 Å². The van der Waals surface area contributed by atoms with Crippen LogP contribution in [0.25, 0.3) is 0 Å². The second kappa shape index (κ2) is 8.00. The summed E-state index contributed by atoms with van der Waals surface area (Å²) in [6.45, 7) is 4.07. The van der Waals surface area contributed by atoms with Crippen molar-refractivity contribution >= 4 is 31.6 Å². The lowest BCUT2D eigenvalue weighted by Gasteiger charge is -2.24. The zero-order valence-electron chi connectivity index (χ0n) is 12.3. The van der Waals surface area contributed by atoms with Gasteiger partial charge in [0.2, 0.25) is 10.0 Å². The first-order valence-electron chi connectivity index (χ1n) is 6.77. The molecule has 1 aromatic rings. The Morgan fingerprint density at radius 3 is 2.15 bits per heavy atom. The van der Waals surface area contributed by atoms with Crippen LogP contribution in [0.2, 0.25) is 0 Å². The molecule has 0 aliphatic carbocycles. The van der Waals surface area contributed by atoms with Crippen molar-refractivity contribution in [3.8, 4) is 0 Å². The number of hydrogen-bond donors (Lipinski definition) is 0. The van der Waals surface area contributed by atoms with Crippen molar-refractivity contribution in [1.82, 2.24) is 4.31 Å². The molecule has 0 heterocycles. The number of anilines is 1. The largest absolute Gasteiger partial charge is 0.371 e. The van der Waals surface area contributed by atoms with Gasteiger partial charge >= 0.3 is 0 Å². The van der Waals surface area contributed by atoms with E-state index in [4.69, 9.17) is 0 Å². The lowest BCUT2D eigenvalue weighted by Crippen LogP contribution is -2.26. The van der Waals surface area contributed by atoms with Crippen LogP contribution in [-0.4, -0.2) is 45.2 Å². The Kier molecular flexibility index (Phi) is 6.99. The third-order valence-corrected chi connectivity index (χ3v) is 5.30. The first-order valence-corrected chi connectivity index (χ1v) is 9.33. The zero-order chi connectivity index (χ0) is 15.2. The number of alkyl halides is 1. The molecule has 6 heteroatoms.